The van der Waals surface area contributed by atoms with Crippen molar-refractivity contribution in [2.75, 3.05) is 14.2 Å². The number of hydrogen-bond donors (Lipinski definition) is 0. The molecule has 6 heteroatoms. The van der Waals surface area contributed by atoms with Gasteiger partial charge < -0.3 is 14.1 Å². The van der Waals surface area contributed by atoms with Crippen molar-refractivity contribution in [3.63, 3.8) is 0 Å². The molecule has 0 unspecified atom stereocenters. The Kier molecular flexibility index (Phi) is 4.73. The first-order valence-corrected chi connectivity index (χ1v) is 7.01. The summed E-state index contributed by atoms with van der Waals surface area (Å²) in [6.07, 6.45) is 1.39. The molecule has 2 rings (SSSR count). The van der Waals surface area contributed by atoms with E-state index in [-0.39, 0.29) is 11.1 Å². The number of benzene rings is 1. The Bertz CT molecular complexity index is 627. The molecule has 1 aromatic heterocycles. The average molecular weight is 359 g/mol. The second kappa shape index (κ2) is 6.33. The van der Waals surface area contributed by atoms with Gasteiger partial charge in [-0.2, -0.15) is 0 Å². The zero-order valence-electron chi connectivity index (χ0n) is 11.0. The lowest BCUT2D eigenvalue weighted by Crippen LogP contribution is -2.26. The molecule has 106 valence electrons. The van der Waals surface area contributed by atoms with E-state index in [0.29, 0.717) is 12.1 Å². The predicted molar refractivity (Wildman–Crippen MR) is 80.2 cm³/mol. The Morgan fingerprint density at radius 2 is 2.20 bits per heavy atom. The molecule has 0 aliphatic rings. The fraction of sp³-hybridized carbons (Fsp3) is 0.214. The lowest BCUT2D eigenvalue weighted by atomic mass is 10.2. The molecule has 0 bridgehead atoms. The van der Waals surface area contributed by atoms with Gasteiger partial charge in [0.15, 0.2) is 0 Å². The van der Waals surface area contributed by atoms with Crippen LogP contribution in [0.5, 0.6) is 5.75 Å². The summed E-state index contributed by atoms with van der Waals surface area (Å²) in [5.41, 5.74) is 1.25. The summed E-state index contributed by atoms with van der Waals surface area (Å²) >= 11 is 9.23. The third-order valence-electron chi connectivity index (χ3n) is 2.85. The summed E-state index contributed by atoms with van der Waals surface area (Å²) in [5.74, 6) is 0.525. The van der Waals surface area contributed by atoms with Gasteiger partial charge >= 0.3 is 0 Å². The maximum atomic E-state index is 12.2. The van der Waals surface area contributed by atoms with E-state index in [4.69, 9.17) is 20.8 Å². The van der Waals surface area contributed by atoms with E-state index in [2.05, 4.69) is 15.9 Å². The lowest BCUT2D eigenvalue weighted by molar-refractivity contribution is 0.0783. The minimum Gasteiger partial charge on any atom is -0.496 e. The second-order valence-corrected chi connectivity index (χ2v) is 5.48. The zero-order chi connectivity index (χ0) is 14.7. The molecule has 20 heavy (non-hydrogen) atoms. The van der Waals surface area contributed by atoms with E-state index >= 15 is 0 Å². The molecule has 4 nitrogen and oxygen atoms in total. The Hall–Kier alpha value is -1.46. The summed E-state index contributed by atoms with van der Waals surface area (Å²) in [7, 11) is 3.30. The number of methoxy groups -OCH3 is 1. The van der Waals surface area contributed by atoms with Crippen molar-refractivity contribution in [3.8, 4) is 5.75 Å². The fourth-order valence-corrected chi connectivity index (χ4v) is 2.45. The van der Waals surface area contributed by atoms with Crippen LogP contribution in [-0.2, 0) is 6.54 Å². The van der Waals surface area contributed by atoms with E-state index in [1.807, 2.05) is 18.2 Å². The third kappa shape index (κ3) is 3.16. The summed E-state index contributed by atoms with van der Waals surface area (Å²) in [6, 6.07) is 7.21. The normalized spacial score (nSPS) is 10.4. The quantitative estimate of drug-likeness (QED) is 0.830. The topological polar surface area (TPSA) is 42.7 Å². The first kappa shape index (κ1) is 14.9. The fourth-order valence-electron chi connectivity index (χ4n) is 1.85. The van der Waals surface area contributed by atoms with Crippen LogP contribution in [0, 0.1) is 0 Å². The van der Waals surface area contributed by atoms with Crippen molar-refractivity contribution < 1.29 is 13.9 Å². The average Bonchev–Trinajstić information content (AvgIpc) is 2.84. The second-order valence-electron chi connectivity index (χ2n) is 4.23. The number of ether oxygens (including phenoxy) is 1. The maximum absolute atomic E-state index is 12.2. The van der Waals surface area contributed by atoms with Gasteiger partial charge in [0.25, 0.3) is 5.91 Å². The number of rotatable bonds is 4. The van der Waals surface area contributed by atoms with Crippen molar-refractivity contribution >= 4 is 33.4 Å². The number of hydrogen-bond acceptors (Lipinski definition) is 3. The van der Waals surface area contributed by atoms with Gasteiger partial charge in [-0.15, -0.1) is 0 Å². The standard InChI is InChI=1S/C14H13BrClNO3/c1-17(14(18)11-5-6-20-13(11)16)8-9-7-10(15)3-4-12(9)19-2/h3-7H,8H2,1-2H3. The maximum Gasteiger partial charge on any atom is 0.258 e. The van der Waals surface area contributed by atoms with Crippen molar-refractivity contribution in [1.29, 1.82) is 0 Å². The SMILES string of the molecule is COc1ccc(Br)cc1CN(C)C(=O)c1ccoc1Cl. The highest BCUT2D eigenvalue weighted by atomic mass is 79.9. The van der Waals surface area contributed by atoms with Crippen LogP contribution < -0.4 is 4.74 Å². The van der Waals surface area contributed by atoms with E-state index in [1.165, 1.54) is 6.26 Å². The van der Waals surface area contributed by atoms with E-state index in [0.717, 1.165) is 15.8 Å². The highest BCUT2D eigenvalue weighted by molar-refractivity contribution is 9.10. The molecule has 0 N–H and O–H groups in total. The predicted octanol–water partition coefficient (Wildman–Crippen LogP) is 3.98. The van der Waals surface area contributed by atoms with Gasteiger partial charge in [0.05, 0.1) is 18.9 Å². The van der Waals surface area contributed by atoms with Crippen molar-refractivity contribution in [2.24, 2.45) is 0 Å². The van der Waals surface area contributed by atoms with Crippen LogP contribution in [0.2, 0.25) is 5.22 Å². The third-order valence-corrected chi connectivity index (χ3v) is 3.63. The van der Waals surface area contributed by atoms with Crippen LogP contribution in [0.15, 0.2) is 39.4 Å². The zero-order valence-corrected chi connectivity index (χ0v) is 13.4. The van der Waals surface area contributed by atoms with Gasteiger partial charge in [0.1, 0.15) is 5.75 Å². The molecule has 0 saturated heterocycles. The van der Waals surface area contributed by atoms with Crippen molar-refractivity contribution in [2.45, 2.75) is 6.54 Å². The van der Waals surface area contributed by atoms with Crippen LogP contribution >= 0.6 is 27.5 Å². The van der Waals surface area contributed by atoms with E-state index in [1.54, 1.807) is 25.1 Å². The van der Waals surface area contributed by atoms with Crippen LogP contribution in [0.1, 0.15) is 15.9 Å². The van der Waals surface area contributed by atoms with Crippen molar-refractivity contribution in [3.05, 3.63) is 51.3 Å². The monoisotopic (exact) mass is 357 g/mol. The number of amides is 1. The molecular weight excluding hydrogens is 346 g/mol. The smallest absolute Gasteiger partial charge is 0.258 e. The molecule has 1 aromatic carbocycles. The molecule has 1 heterocycles. The number of nitrogens with zero attached hydrogens (tertiary/aromatic N) is 1. The van der Waals surface area contributed by atoms with Crippen LogP contribution in [0.25, 0.3) is 0 Å². The Morgan fingerprint density at radius 3 is 2.80 bits per heavy atom. The van der Waals surface area contributed by atoms with Gasteiger partial charge in [-0.05, 0) is 35.9 Å². The van der Waals surface area contributed by atoms with Gasteiger partial charge in [-0.1, -0.05) is 15.9 Å². The molecule has 2 aromatic rings. The summed E-state index contributed by atoms with van der Waals surface area (Å²) < 4.78 is 11.2. The Labute approximate surface area is 130 Å². The Balaban J connectivity index is 2.20. The van der Waals surface area contributed by atoms with E-state index in [9.17, 15) is 4.79 Å². The molecule has 0 atom stereocenters. The minimum atomic E-state index is -0.203. The molecule has 0 radical (unpaired) electrons. The number of halogens is 2. The van der Waals surface area contributed by atoms with Gasteiger partial charge in [0.2, 0.25) is 5.22 Å². The van der Waals surface area contributed by atoms with E-state index < -0.39 is 0 Å². The molecule has 1 amide bonds. The van der Waals surface area contributed by atoms with Gasteiger partial charge in [-0.3, -0.25) is 4.79 Å². The molecule has 0 aliphatic carbocycles. The van der Waals surface area contributed by atoms with Gasteiger partial charge in [-0.25, -0.2) is 0 Å². The largest absolute Gasteiger partial charge is 0.496 e. The lowest BCUT2D eigenvalue weighted by Gasteiger charge is -2.18. The van der Waals surface area contributed by atoms with Crippen molar-refractivity contribution in [1.82, 2.24) is 4.90 Å². The summed E-state index contributed by atoms with van der Waals surface area (Å²) in [5, 5.41) is 0.100. The summed E-state index contributed by atoms with van der Waals surface area (Å²) in [4.78, 5) is 13.8. The molecule has 0 aliphatic heterocycles. The van der Waals surface area contributed by atoms with Crippen LogP contribution in [0.4, 0.5) is 0 Å². The Morgan fingerprint density at radius 1 is 1.45 bits per heavy atom. The molecular formula is C14H13BrClNO3. The number of furan rings is 1. The van der Waals surface area contributed by atoms with Crippen LogP contribution in [-0.4, -0.2) is 25.0 Å². The minimum absolute atomic E-state index is 0.100. The van der Waals surface area contributed by atoms with Gasteiger partial charge in [0, 0.05) is 23.6 Å². The first-order chi connectivity index (χ1) is 9.52. The number of carbonyl (C=O) groups is 1. The summed E-state index contributed by atoms with van der Waals surface area (Å²) in [6.45, 7) is 0.406. The molecule has 0 saturated carbocycles. The highest BCUT2D eigenvalue weighted by Crippen LogP contribution is 2.25. The van der Waals surface area contributed by atoms with Crippen LogP contribution in [0.3, 0.4) is 0 Å². The highest BCUT2D eigenvalue weighted by Gasteiger charge is 2.18. The first-order valence-electron chi connectivity index (χ1n) is 5.83. The molecule has 0 spiro atoms. The number of carbonyl (C=O) groups excluding carboxylic acids is 1. The molecule has 0 fully saturated rings.